The van der Waals surface area contributed by atoms with Crippen molar-refractivity contribution in [3.05, 3.63) is 70.7 Å². The summed E-state index contributed by atoms with van der Waals surface area (Å²) in [7, 11) is 0. The Morgan fingerprint density at radius 3 is 2.41 bits per heavy atom. The van der Waals surface area contributed by atoms with Crippen molar-refractivity contribution in [2.75, 3.05) is 18.0 Å². The SMILES string of the molecule is O=C(O)c1cccc(N2CC(Oc3cc(Cl)nc(Cl)c3)C2)c1-n1cccc1. The summed E-state index contributed by atoms with van der Waals surface area (Å²) in [5.41, 5.74) is 1.74. The van der Waals surface area contributed by atoms with Crippen LogP contribution in [0.15, 0.2) is 54.9 Å². The van der Waals surface area contributed by atoms with Gasteiger partial charge in [-0.3, -0.25) is 0 Å². The average molecular weight is 404 g/mol. The summed E-state index contributed by atoms with van der Waals surface area (Å²) in [4.78, 5) is 17.7. The number of hydrogen-bond donors (Lipinski definition) is 1. The maximum atomic E-state index is 11.7. The van der Waals surface area contributed by atoms with Crippen molar-refractivity contribution in [1.82, 2.24) is 9.55 Å². The number of benzene rings is 1. The number of ether oxygens (including phenoxy) is 1. The fourth-order valence-electron chi connectivity index (χ4n) is 3.13. The first-order valence-electron chi connectivity index (χ1n) is 8.25. The lowest BCUT2D eigenvalue weighted by molar-refractivity contribution is 0.0697. The summed E-state index contributed by atoms with van der Waals surface area (Å²) in [6.45, 7) is 1.24. The Kier molecular flexibility index (Phi) is 4.68. The van der Waals surface area contributed by atoms with E-state index in [2.05, 4.69) is 9.88 Å². The second-order valence-electron chi connectivity index (χ2n) is 6.16. The minimum Gasteiger partial charge on any atom is -0.486 e. The first-order chi connectivity index (χ1) is 13.0. The Morgan fingerprint density at radius 2 is 1.78 bits per heavy atom. The van der Waals surface area contributed by atoms with E-state index in [4.69, 9.17) is 27.9 Å². The molecule has 0 bridgehead atoms. The standard InChI is InChI=1S/C19H15Cl2N3O3/c20-16-8-12(9-17(21)22-16)27-13-10-24(11-13)15-5-3-4-14(19(25)26)18(15)23-6-1-2-7-23/h1-9,13H,10-11H2,(H,25,26). The van der Waals surface area contributed by atoms with Crippen LogP contribution in [0.5, 0.6) is 5.75 Å². The maximum absolute atomic E-state index is 11.7. The predicted molar refractivity (Wildman–Crippen MR) is 104 cm³/mol. The zero-order valence-electron chi connectivity index (χ0n) is 14.0. The van der Waals surface area contributed by atoms with Crippen molar-refractivity contribution in [2.45, 2.75) is 6.10 Å². The van der Waals surface area contributed by atoms with Crippen molar-refractivity contribution < 1.29 is 14.6 Å². The normalized spacial score (nSPS) is 14.1. The molecular formula is C19H15Cl2N3O3. The fourth-order valence-corrected chi connectivity index (χ4v) is 3.57. The Hall–Kier alpha value is -2.70. The molecule has 138 valence electrons. The van der Waals surface area contributed by atoms with Gasteiger partial charge in [0, 0.05) is 24.5 Å². The topological polar surface area (TPSA) is 67.6 Å². The van der Waals surface area contributed by atoms with Gasteiger partial charge in [-0.15, -0.1) is 0 Å². The van der Waals surface area contributed by atoms with Crippen LogP contribution >= 0.6 is 23.2 Å². The summed E-state index contributed by atoms with van der Waals surface area (Å²) in [6, 6.07) is 12.2. The second-order valence-corrected chi connectivity index (χ2v) is 6.94. The van der Waals surface area contributed by atoms with Crippen molar-refractivity contribution in [3.8, 4) is 11.4 Å². The molecule has 3 aromatic rings. The molecule has 0 saturated carbocycles. The molecule has 8 heteroatoms. The molecule has 0 unspecified atom stereocenters. The highest BCUT2D eigenvalue weighted by Crippen LogP contribution is 2.33. The van der Waals surface area contributed by atoms with E-state index in [0.29, 0.717) is 24.5 Å². The molecule has 2 aromatic heterocycles. The lowest BCUT2D eigenvalue weighted by atomic mass is 10.1. The van der Waals surface area contributed by atoms with E-state index < -0.39 is 5.97 Å². The van der Waals surface area contributed by atoms with Crippen LogP contribution in [0.1, 0.15) is 10.4 Å². The zero-order valence-corrected chi connectivity index (χ0v) is 15.6. The molecular weight excluding hydrogens is 389 g/mol. The molecule has 1 saturated heterocycles. The van der Waals surface area contributed by atoms with Crippen LogP contribution in [0.2, 0.25) is 10.3 Å². The smallest absolute Gasteiger partial charge is 0.337 e. The number of carbonyl (C=O) groups is 1. The fraction of sp³-hybridized carbons (Fsp3) is 0.158. The van der Waals surface area contributed by atoms with Gasteiger partial charge >= 0.3 is 5.97 Å². The molecule has 0 amide bonds. The molecule has 4 rings (SSSR count). The largest absolute Gasteiger partial charge is 0.486 e. The lowest BCUT2D eigenvalue weighted by Gasteiger charge is -2.41. The van der Waals surface area contributed by atoms with Gasteiger partial charge in [0.05, 0.1) is 30.0 Å². The number of carboxylic acids is 1. The van der Waals surface area contributed by atoms with Gasteiger partial charge < -0.3 is 19.3 Å². The molecule has 0 atom stereocenters. The minimum absolute atomic E-state index is 0.0504. The number of nitrogens with zero attached hydrogens (tertiary/aromatic N) is 3. The number of pyridine rings is 1. The van der Waals surface area contributed by atoms with Gasteiger partial charge in [0.15, 0.2) is 0 Å². The number of carboxylic acid groups (broad SMARTS) is 1. The molecule has 1 N–H and O–H groups in total. The number of aromatic carboxylic acids is 1. The third kappa shape index (κ3) is 3.59. The molecule has 1 fully saturated rings. The number of anilines is 1. The van der Waals surface area contributed by atoms with Gasteiger partial charge in [-0.05, 0) is 24.3 Å². The summed E-state index contributed by atoms with van der Waals surface area (Å²) in [6.07, 6.45) is 3.62. The second kappa shape index (κ2) is 7.13. The molecule has 3 heterocycles. The summed E-state index contributed by atoms with van der Waals surface area (Å²) >= 11 is 11.8. The van der Waals surface area contributed by atoms with Crippen LogP contribution in [0.4, 0.5) is 5.69 Å². The van der Waals surface area contributed by atoms with E-state index in [9.17, 15) is 9.90 Å². The van der Waals surface area contributed by atoms with Crippen molar-refractivity contribution in [3.63, 3.8) is 0 Å². The molecule has 0 spiro atoms. The van der Waals surface area contributed by atoms with E-state index in [-0.39, 0.29) is 22.0 Å². The molecule has 0 radical (unpaired) electrons. The molecule has 6 nitrogen and oxygen atoms in total. The van der Waals surface area contributed by atoms with E-state index in [1.54, 1.807) is 24.3 Å². The molecule has 1 aliphatic rings. The first-order valence-corrected chi connectivity index (χ1v) is 9.01. The third-order valence-corrected chi connectivity index (χ3v) is 4.72. The Morgan fingerprint density at radius 1 is 1.11 bits per heavy atom. The van der Waals surface area contributed by atoms with Crippen LogP contribution in [0.3, 0.4) is 0 Å². The predicted octanol–water partition coefficient (Wildman–Crippen LogP) is 4.14. The molecule has 0 aliphatic carbocycles. The molecule has 1 aromatic carbocycles. The first kappa shape index (κ1) is 17.7. The van der Waals surface area contributed by atoms with Gasteiger partial charge in [-0.1, -0.05) is 29.3 Å². The van der Waals surface area contributed by atoms with Gasteiger partial charge in [-0.25, -0.2) is 9.78 Å². The Labute approximate surface area is 165 Å². The molecule has 1 aliphatic heterocycles. The highest BCUT2D eigenvalue weighted by molar-refractivity contribution is 6.32. The third-order valence-electron chi connectivity index (χ3n) is 4.34. The van der Waals surface area contributed by atoms with Gasteiger partial charge in [0.25, 0.3) is 0 Å². The number of hydrogen-bond acceptors (Lipinski definition) is 4. The summed E-state index contributed by atoms with van der Waals surface area (Å²) < 4.78 is 7.71. The van der Waals surface area contributed by atoms with E-state index in [1.807, 2.05) is 35.2 Å². The van der Waals surface area contributed by atoms with Crippen LogP contribution in [-0.4, -0.2) is 39.8 Å². The number of aromatic nitrogens is 2. The quantitative estimate of drug-likeness (QED) is 0.648. The van der Waals surface area contributed by atoms with Gasteiger partial charge in [-0.2, -0.15) is 0 Å². The lowest BCUT2D eigenvalue weighted by Crippen LogP contribution is -2.54. The highest BCUT2D eigenvalue weighted by atomic mass is 35.5. The highest BCUT2D eigenvalue weighted by Gasteiger charge is 2.32. The summed E-state index contributed by atoms with van der Waals surface area (Å²) in [5.74, 6) is -0.399. The van der Waals surface area contributed by atoms with Crippen LogP contribution in [0.25, 0.3) is 5.69 Å². The van der Waals surface area contributed by atoms with Crippen LogP contribution in [-0.2, 0) is 0 Å². The zero-order chi connectivity index (χ0) is 19.0. The Bertz CT molecular complexity index is 966. The number of rotatable bonds is 5. The van der Waals surface area contributed by atoms with E-state index >= 15 is 0 Å². The van der Waals surface area contributed by atoms with Gasteiger partial charge in [0.1, 0.15) is 22.2 Å². The number of para-hydroxylation sites is 1. The van der Waals surface area contributed by atoms with Crippen molar-refractivity contribution in [1.29, 1.82) is 0 Å². The average Bonchev–Trinajstić information content (AvgIpc) is 3.10. The number of halogens is 2. The maximum Gasteiger partial charge on any atom is 0.337 e. The molecule has 27 heavy (non-hydrogen) atoms. The van der Waals surface area contributed by atoms with E-state index in [0.717, 1.165) is 5.69 Å². The van der Waals surface area contributed by atoms with Gasteiger partial charge in [0.2, 0.25) is 0 Å². The summed E-state index contributed by atoms with van der Waals surface area (Å²) in [5, 5.41) is 10.1. The van der Waals surface area contributed by atoms with E-state index in [1.165, 1.54) is 0 Å². The van der Waals surface area contributed by atoms with Crippen LogP contribution < -0.4 is 9.64 Å². The Balaban J connectivity index is 1.56. The minimum atomic E-state index is -0.963. The monoisotopic (exact) mass is 403 g/mol. The van der Waals surface area contributed by atoms with Crippen LogP contribution in [0, 0.1) is 0 Å². The van der Waals surface area contributed by atoms with Crippen molar-refractivity contribution >= 4 is 34.9 Å². The van der Waals surface area contributed by atoms with Crippen molar-refractivity contribution in [2.24, 2.45) is 0 Å².